The van der Waals surface area contributed by atoms with Crippen molar-refractivity contribution < 1.29 is 19.2 Å². The summed E-state index contributed by atoms with van der Waals surface area (Å²) in [5, 5.41) is 11.9. The van der Waals surface area contributed by atoms with Gasteiger partial charge in [0.05, 0.1) is 0 Å². The van der Waals surface area contributed by atoms with Gasteiger partial charge in [-0.25, -0.2) is 0 Å². The van der Waals surface area contributed by atoms with Crippen molar-refractivity contribution in [2.75, 3.05) is 21.3 Å². The Kier molecular flexibility index (Phi) is 24.1. The molecule has 4 N–H and O–H groups in total. The Morgan fingerprint density at radius 3 is 0.815 bits per heavy atom. The molecule has 0 aliphatic heterocycles. The molecule has 4 aromatic rings. The molecule has 65 heavy (non-hydrogen) atoms. The number of hydrogen-bond acceptors (Lipinski definition) is 4. The summed E-state index contributed by atoms with van der Waals surface area (Å²) in [6.07, 6.45) is 17.4. The highest BCUT2D eigenvalue weighted by molar-refractivity contribution is 5.92. The minimum atomic E-state index is -0.00108. The van der Waals surface area contributed by atoms with Gasteiger partial charge in [0.25, 0.3) is 0 Å². The van der Waals surface area contributed by atoms with Crippen molar-refractivity contribution in [2.45, 2.75) is 136 Å². The van der Waals surface area contributed by atoms with Crippen LogP contribution in [0.1, 0.15) is 158 Å². The van der Waals surface area contributed by atoms with E-state index >= 15 is 0 Å². The molecule has 0 aliphatic carbocycles. The lowest BCUT2D eigenvalue weighted by atomic mass is 10.1. The number of anilines is 4. The maximum Gasteiger partial charge on any atom is 0.224 e. The summed E-state index contributed by atoms with van der Waals surface area (Å²) in [4.78, 5) is 49.5. The maximum atomic E-state index is 12.6. The van der Waals surface area contributed by atoms with Gasteiger partial charge in [-0.05, 0) is 122 Å². The second kappa shape index (κ2) is 30.9. The molecule has 0 radical (unpaired) electrons. The number of nitrogens with one attached hydrogen (secondary N) is 4. The second-order valence-corrected chi connectivity index (χ2v) is 16.1. The van der Waals surface area contributed by atoms with Gasteiger partial charge < -0.3 is 21.3 Å². The molecule has 0 fully saturated rings. The van der Waals surface area contributed by atoms with Gasteiger partial charge in [-0.3, -0.25) is 19.2 Å². The highest BCUT2D eigenvalue weighted by atomic mass is 16.2. The third kappa shape index (κ3) is 22.8. The van der Waals surface area contributed by atoms with Gasteiger partial charge in [0.15, 0.2) is 0 Å². The largest absolute Gasteiger partial charge is 0.326 e. The van der Waals surface area contributed by atoms with Crippen LogP contribution in [0.25, 0.3) is 0 Å². The molecule has 0 aromatic heterocycles. The molecule has 0 saturated heterocycles. The Labute approximate surface area is 387 Å². The first-order chi connectivity index (χ1) is 31.8. The summed E-state index contributed by atoms with van der Waals surface area (Å²) >= 11 is 0. The molecule has 0 heterocycles. The zero-order valence-corrected chi connectivity index (χ0v) is 38.3. The van der Waals surface area contributed by atoms with Crippen LogP contribution in [0.4, 0.5) is 22.7 Å². The molecule has 0 atom stereocenters. The summed E-state index contributed by atoms with van der Waals surface area (Å²) < 4.78 is 0. The predicted octanol–water partition coefficient (Wildman–Crippen LogP) is 12.4. The Balaban J connectivity index is 1.03. The number of unbranched alkanes of at least 4 members (excludes halogenated alkanes) is 12. The van der Waals surface area contributed by atoms with E-state index in [0.29, 0.717) is 37.1 Å². The third-order valence-corrected chi connectivity index (χ3v) is 10.4. The van der Waals surface area contributed by atoms with E-state index in [4.69, 9.17) is 0 Å². The smallest absolute Gasteiger partial charge is 0.224 e. The topological polar surface area (TPSA) is 116 Å². The first-order valence-electron chi connectivity index (χ1n) is 23.4. The van der Waals surface area contributed by atoms with Crippen LogP contribution in [0.5, 0.6) is 0 Å². The zero-order chi connectivity index (χ0) is 46.2. The van der Waals surface area contributed by atoms with E-state index in [9.17, 15) is 19.2 Å². The van der Waals surface area contributed by atoms with Crippen molar-refractivity contribution in [2.24, 2.45) is 0 Å². The van der Waals surface area contributed by atoms with Gasteiger partial charge in [-0.1, -0.05) is 132 Å². The van der Waals surface area contributed by atoms with Crippen LogP contribution in [-0.2, 0) is 19.2 Å². The molecule has 0 aliphatic rings. The highest BCUT2D eigenvalue weighted by Crippen LogP contribution is 2.16. The molecule has 0 saturated carbocycles. The van der Waals surface area contributed by atoms with E-state index in [2.05, 4.69) is 82.5 Å². The number of carbonyl (C=O) groups excluding carboxylic acids is 4. The van der Waals surface area contributed by atoms with Crippen LogP contribution in [0, 0.1) is 47.4 Å². The number of amides is 4. The van der Waals surface area contributed by atoms with Crippen molar-refractivity contribution in [3.05, 3.63) is 119 Å². The van der Waals surface area contributed by atoms with Gasteiger partial charge in [0.1, 0.15) is 0 Å². The van der Waals surface area contributed by atoms with Crippen LogP contribution in [0.2, 0.25) is 0 Å². The molecule has 8 heteroatoms. The Hall–Kier alpha value is -7.00. The van der Waals surface area contributed by atoms with Crippen LogP contribution in [0.15, 0.2) is 97.1 Å². The van der Waals surface area contributed by atoms with Crippen molar-refractivity contribution in [3.63, 3.8) is 0 Å². The minimum Gasteiger partial charge on any atom is -0.326 e. The van der Waals surface area contributed by atoms with E-state index < -0.39 is 0 Å². The van der Waals surface area contributed by atoms with Crippen molar-refractivity contribution in [3.8, 4) is 47.4 Å². The molecule has 4 rings (SSSR count). The molecule has 8 nitrogen and oxygen atoms in total. The Morgan fingerprint density at radius 2 is 0.569 bits per heavy atom. The lowest BCUT2D eigenvalue weighted by Gasteiger charge is -2.06. The van der Waals surface area contributed by atoms with E-state index in [1.54, 1.807) is 0 Å². The number of benzene rings is 4. The summed E-state index contributed by atoms with van der Waals surface area (Å²) in [7, 11) is 0. The van der Waals surface area contributed by atoms with Gasteiger partial charge in [0.2, 0.25) is 23.6 Å². The van der Waals surface area contributed by atoms with Crippen molar-refractivity contribution in [1.29, 1.82) is 0 Å². The van der Waals surface area contributed by atoms with Gasteiger partial charge in [0, 0.05) is 70.7 Å². The molecule has 0 unspecified atom stereocenters. The van der Waals surface area contributed by atoms with Crippen LogP contribution in [0.3, 0.4) is 0 Å². The van der Waals surface area contributed by atoms with E-state index in [0.717, 1.165) is 130 Å². The highest BCUT2D eigenvalue weighted by Gasteiger charge is 2.06. The van der Waals surface area contributed by atoms with Gasteiger partial charge in [-0.2, -0.15) is 0 Å². The van der Waals surface area contributed by atoms with Crippen LogP contribution in [-0.4, -0.2) is 23.6 Å². The molecular weight excluding hydrogens is 805 g/mol. The SMILES string of the molecule is CCCCCC(=O)Nc1cccc(C#CC#Cc2cccc(NC(=O)CCCCCCCCCCCC(=O)Nc3cccc(C#CC#Cc4cccc(NC(=O)CCCCC)c4)c3)c2)c1. The monoisotopic (exact) mass is 868 g/mol. The van der Waals surface area contributed by atoms with Crippen molar-refractivity contribution >= 4 is 46.4 Å². The minimum absolute atomic E-state index is 0.00108. The first-order valence-corrected chi connectivity index (χ1v) is 23.4. The summed E-state index contributed by atoms with van der Waals surface area (Å²) in [5.41, 5.74) is 5.96. The number of rotatable bonds is 24. The Morgan fingerprint density at radius 1 is 0.338 bits per heavy atom. The molecule has 4 amide bonds. The lowest BCUT2D eigenvalue weighted by Crippen LogP contribution is -2.11. The van der Waals surface area contributed by atoms with Crippen LogP contribution >= 0.6 is 0 Å². The number of hydrogen-bond donors (Lipinski definition) is 4. The van der Waals surface area contributed by atoms with Gasteiger partial charge in [-0.15, -0.1) is 0 Å². The maximum absolute atomic E-state index is 12.6. The normalized spacial score (nSPS) is 10.0. The van der Waals surface area contributed by atoms with Crippen LogP contribution < -0.4 is 21.3 Å². The van der Waals surface area contributed by atoms with E-state index in [1.807, 2.05) is 97.1 Å². The lowest BCUT2D eigenvalue weighted by molar-refractivity contribution is -0.117. The fourth-order valence-electron chi connectivity index (χ4n) is 6.89. The molecule has 0 bridgehead atoms. The average Bonchev–Trinajstić information content (AvgIpc) is 3.29. The standard InChI is InChI=1S/C57H64N4O4/c1-3-5-14-38-54(62)58-50-34-22-30-46(42-50)26-18-20-28-48-32-24-36-52(44-48)60-56(64)40-16-12-10-8-7-9-11-13-17-41-57(65)61-53-37-25-33-49(45-53)29-21-19-27-47-31-23-35-51(43-47)59-55(63)39-15-6-4-2/h22-25,30-37,42-45H,3-17,38-41H2,1-2H3,(H,58,62)(H,59,63)(H,60,64)(H,61,65). The third-order valence-electron chi connectivity index (χ3n) is 10.4. The second-order valence-electron chi connectivity index (χ2n) is 16.1. The molecule has 0 spiro atoms. The zero-order valence-electron chi connectivity index (χ0n) is 38.3. The fourth-order valence-corrected chi connectivity index (χ4v) is 6.89. The summed E-state index contributed by atoms with van der Waals surface area (Å²) in [6.45, 7) is 4.23. The quantitative estimate of drug-likeness (QED) is 0.0414. The Bertz CT molecular complexity index is 2260. The number of carbonyl (C=O) groups is 4. The fraction of sp³-hybridized carbons (Fsp3) is 0.368. The average molecular weight is 869 g/mol. The predicted molar refractivity (Wildman–Crippen MR) is 267 cm³/mol. The first kappa shape index (κ1) is 50.6. The molecule has 336 valence electrons. The van der Waals surface area contributed by atoms with E-state index in [-0.39, 0.29) is 23.6 Å². The summed E-state index contributed by atoms with van der Waals surface area (Å²) in [6, 6.07) is 29.8. The molecule has 4 aromatic carbocycles. The van der Waals surface area contributed by atoms with E-state index in [1.165, 1.54) is 0 Å². The summed E-state index contributed by atoms with van der Waals surface area (Å²) in [5.74, 6) is 23.7. The van der Waals surface area contributed by atoms with Gasteiger partial charge >= 0.3 is 0 Å². The van der Waals surface area contributed by atoms with Crippen molar-refractivity contribution in [1.82, 2.24) is 0 Å². The molecular formula is C57H64N4O4.